The third-order valence-corrected chi connectivity index (χ3v) is 5.87. The van der Waals surface area contributed by atoms with Crippen LogP contribution in [-0.2, 0) is 18.4 Å². The molecule has 0 bridgehead atoms. The highest BCUT2D eigenvalue weighted by Crippen LogP contribution is 2.41. The Balaban J connectivity index is 2.19. The van der Waals surface area contributed by atoms with E-state index in [1.54, 1.807) is 5.56 Å². The van der Waals surface area contributed by atoms with E-state index in [9.17, 15) is 0 Å². The fourth-order valence-electron chi connectivity index (χ4n) is 4.14. The van der Waals surface area contributed by atoms with Gasteiger partial charge in [-0.1, -0.05) is 39.3 Å². The average molecular weight is 308 g/mol. The molecule has 1 aliphatic heterocycles. The summed E-state index contributed by atoms with van der Waals surface area (Å²) in [4.78, 5) is 0. The number of rotatable bonds is 5. The highest BCUT2D eigenvalue weighted by molar-refractivity contribution is 5.65. The Hall–Kier alpha value is -1.63. The van der Waals surface area contributed by atoms with Gasteiger partial charge in [-0.3, -0.25) is 0 Å². The summed E-state index contributed by atoms with van der Waals surface area (Å²) in [5, 5.41) is 0. The first-order chi connectivity index (χ1) is 11.1. The second kappa shape index (κ2) is 6.47. The Morgan fingerprint density at radius 3 is 2.52 bits per heavy atom. The van der Waals surface area contributed by atoms with Crippen molar-refractivity contribution in [2.24, 2.45) is 0 Å². The summed E-state index contributed by atoms with van der Waals surface area (Å²) in [7, 11) is 0. The quantitative estimate of drug-likeness (QED) is 0.654. The molecule has 0 saturated heterocycles. The molecular weight excluding hydrogens is 278 g/mol. The Bertz CT molecular complexity index is 695. The summed E-state index contributed by atoms with van der Waals surface area (Å²) in [6.07, 6.45) is 6.13. The first kappa shape index (κ1) is 16.2. The largest absolute Gasteiger partial charge is 0.213 e. The van der Waals surface area contributed by atoms with Crippen molar-refractivity contribution in [1.29, 1.82) is 0 Å². The zero-order valence-electron chi connectivity index (χ0n) is 15.2. The maximum absolute atomic E-state index is 2.54. The van der Waals surface area contributed by atoms with E-state index in [0.29, 0.717) is 0 Å². The third kappa shape index (κ3) is 2.71. The van der Waals surface area contributed by atoms with Gasteiger partial charge in [-0.05, 0) is 48.9 Å². The van der Waals surface area contributed by atoms with E-state index in [-0.39, 0.29) is 5.41 Å². The predicted molar refractivity (Wildman–Crippen MR) is 97.7 cm³/mol. The van der Waals surface area contributed by atoms with Crippen molar-refractivity contribution in [2.45, 2.75) is 71.8 Å². The average Bonchev–Trinajstić information content (AvgIpc) is 2.59. The lowest BCUT2D eigenvalue weighted by atomic mass is 9.70. The van der Waals surface area contributed by atoms with Crippen LogP contribution in [0.3, 0.4) is 0 Å². The van der Waals surface area contributed by atoms with Gasteiger partial charge in [-0.15, -0.1) is 0 Å². The molecule has 0 N–H and O–H groups in total. The molecule has 1 aliphatic rings. The minimum absolute atomic E-state index is 0.280. The van der Waals surface area contributed by atoms with Crippen molar-refractivity contribution in [3.8, 4) is 11.3 Å². The van der Waals surface area contributed by atoms with Gasteiger partial charge in [0, 0.05) is 19.1 Å². The third-order valence-electron chi connectivity index (χ3n) is 5.87. The van der Waals surface area contributed by atoms with Gasteiger partial charge in [0.2, 0.25) is 5.69 Å². The summed E-state index contributed by atoms with van der Waals surface area (Å²) in [6, 6.07) is 14.0. The standard InChI is InChI=1S/C22H30N/c1-5-8-11-18-13-14-20-19(15-18)21-12-9-10-17(4)23(21)16-22(20,6-2)7-3/h9-10,12-15H,5-8,11,16H2,1-4H3/q+1. The van der Waals surface area contributed by atoms with Crippen molar-refractivity contribution in [1.82, 2.24) is 0 Å². The van der Waals surface area contributed by atoms with Gasteiger partial charge < -0.3 is 0 Å². The number of nitrogens with zero attached hydrogens (tertiary/aromatic N) is 1. The maximum Gasteiger partial charge on any atom is 0.213 e. The van der Waals surface area contributed by atoms with Gasteiger partial charge in [-0.25, -0.2) is 0 Å². The number of pyridine rings is 1. The zero-order valence-corrected chi connectivity index (χ0v) is 15.2. The van der Waals surface area contributed by atoms with Gasteiger partial charge in [0.15, 0.2) is 12.2 Å². The zero-order chi connectivity index (χ0) is 16.4. The Morgan fingerprint density at radius 2 is 1.83 bits per heavy atom. The molecule has 0 atom stereocenters. The molecule has 1 nitrogen and oxygen atoms in total. The van der Waals surface area contributed by atoms with Crippen LogP contribution in [0.4, 0.5) is 0 Å². The lowest BCUT2D eigenvalue weighted by Crippen LogP contribution is -2.52. The molecule has 0 radical (unpaired) electrons. The summed E-state index contributed by atoms with van der Waals surface area (Å²) in [5.74, 6) is 0. The van der Waals surface area contributed by atoms with Crippen LogP contribution in [-0.4, -0.2) is 0 Å². The van der Waals surface area contributed by atoms with Crippen LogP contribution < -0.4 is 4.57 Å². The smallest absolute Gasteiger partial charge is 0.195 e. The normalized spacial score (nSPS) is 15.1. The van der Waals surface area contributed by atoms with E-state index in [0.717, 1.165) is 6.54 Å². The molecule has 1 aromatic carbocycles. The van der Waals surface area contributed by atoms with Crippen LogP contribution in [0.5, 0.6) is 0 Å². The van der Waals surface area contributed by atoms with Crippen molar-refractivity contribution in [3.63, 3.8) is 0 Å². The fourth-order valence-corrected chi connectivity index (χ4v) is 4.14. The number of hydrogen-bond donors (Lipinski definition) is 0. The second-order valence-electron chi connectivity index (χ2n) is 7.11. The molecular formula is C22H30N+. The number of unbranched alkanes of at least 4 members (excludes halogenated alkanes) is 1. The van der Waals surface area contributed by atoms with E-state index in [1.165, 1.54) is 54.6 Å². The van der Waals surface area contributed by atoms with Gasteiger partial charge in [0.1, 0.15) is 0 Å². The minimum Gasteiger partial charge on any atom is -0.195 e. The number of aromatic nitrogens is 1. The molecule has 0 saturated carbocycles. The number of aryl methyl sites for hydroxylation is 2. The van der Waals surface area contributed by atoms with Crippen LogP contribution in [0.1, 0.15) is 63.3 Å². The molecule has 0 aliphatic carbocycles. The van der Waals surface area contributed by atoms with Gasteiger partial charge in [0.25, 0.3) is 0 Å². The Kier molecular flexibility index (Phi) is 4.57. The molecule has 0 fully saturated rings. The summed E-state index contributed by atoms with van der Waals surface area (Å²) >= 11 is 0. The molecule has 0 unspecified atom stereocenters. The topological polar surface area (TPSA) is 3.88 Å². The first-order valence-corrected chi connectivity index (χ1v) is 9.28. The van der Waals surface area contributed by atoms with Crippen molar-refractivity contribution < 1.29 is 4.57 Å². The van der Waals surface area contributed by atoms with E-state index < -0.39 is 0 Å². The summed E-state index contributed by atoms with van der Waals surface area (Å²) in [5.41, 5.74) is 7.57. The van der Waals surface area contributed by atoms with Crippen LogP contribution in [0.25, 0.3) is 11.3 Å². The fraction of sp³-hybridized carbons (Fsp3) is 0.500. The molecule has 1 aromatic heterocycles. The van der Waals surface area contributed by atoms with E-state index in [1.807, 2.05) is 0 Å². The molecule has 0 spiro atoms. The minimum atomic E-state index is 0.280. The van der Waals surface area contributed by atoms with E-state index in [2.05, 4.69) is 68.7 Å². The van der Waals surface area contributed by atoms with E-state index >= 15 is 0 Å². The number of benzene rings is 1. The van der Waals surface area contributed by atoms with Crippen LogP contribution in [0, 0.1) is 6.92 Å². The van der Waals surface area contributed by atoms with Gasteiger partial charge in [-0.2, -0.15) is 4.57 Å². The van der Waals surface area contributed by atoms with Crippen LogP contribution in [0.15, 0.2) is 36.4 Å². The second-order valence-corrected chi connectivity index (χ2v) is 7.11. The van der Waals surface area contributed by atoms with Crippen molar-refractivity contribution in [3.05, 3.63) is 53.2 Å². The molecule has 23 heavy (non-hydrogen) atoms. The Labute approximate surface area is 141 Å². The highest BCUT2D eigenvalue weighted by Gasteiger charge is 2.41. The SMILES string of the molecule is CCCCc1ccc2c(c1)-c1cccc(C)[n+]1CC2(CC)CC. The molecule has 2 aromatic rings. The molecule has 2 heterocycles. The number of hydrogen-bond acceptors (Lipinski definition) is 0. The molecule has 1 heteroatoms. The summed E-state index contributed by atoms with van der Waals surface area (Å²) < 4.78 is 2.54. The van der Waals surface area contributed by atoms with Crippen LogP contribution in [0.2, 0.25) is 0 Å². The van der Waals surface area contributed by atoms with Crippen molar-refractivity contribution in [2.75, 3.05) is 0 Å². The maximum atomic E-state index is 2.54. The predicted octanol–water partition coefficient (Wildman–Crippen LogP) is 5.36. The lowest BCUT2D eigenvalue weighted by molar-refractivity contribution is -0.703. The monoisotopic (exact) mass is 308 g/mol. The van der Waals surface area contributed by atoms with Crippen LogP contribution >= 0.6 is 0 Å². The van der Waals surface area contributed by atoms with Gasteiger partial charge >= 0.3 is 0 Å². The first-order valence-electron chi connectivity index (χ1n) is 9.28. The number of fused-ring (bicyclic) bond motifs is 3. The molecule has 0 amide bonds. The lowest BCUT2D eigenvalue weighted by Gasteiger charge is -2.35. The summed E-state index contributed by atoms with van der Waals surface area (Å²) in [6.45, 7) is 10.3. The van der Waals surface area contributed by atoms with Crippen molar-refractivity contribution >= 4 is 0 Å². The van der Waals surface area contributed by atoms with E-state index in [4.69, 9.17) is 0 Å². The Morgan fingerprint density at radius 1 is 1.04 bits per heavy atom. The molecule has 122 valence electrons. The highest BCUT2D eigenvalue weighted by atomic mass is 15.0. The van der Waals surface area contributed by atoms with Gasteiger partial charge in [0.05, 0.1) is 11.0 Å². The molecule has 3 rings (SSSR count).